The second-order valence-corrected chi connectivity index (χ2v) is 3.83. The molecule has 0 atom stereocenters. The maximum Gasteiger partial charge on any atom is 0.339 e. The van der Waals surface area contributed by atoms with Crippen LogP contribution in [0.3, 0.4) is 0 Å². The quantitative estimate of drug-likeness (QED) is 0.736. The van der Waals surface area contributed by atoms with Crippen molar-refractivity contribution >= 4 is 27.5 Å². The fourth-order valence-electron chi connectivity index (χ4n) is 1.32. The molecule has 2 heterocycles. The molecule has 1 N–H and O–H groups in total. The second-order valence-electron chi connectivity index (χ2n) is 2.97. The molecule has 0 aliphatic carbocycles. The zero-order valence-electron chi connectivity index (χ0n) is 8.16. The van der Waals surface area contributed by atoms with Gasteiger partial charge in [-0.3, -0.25) is 4.79 Å². The molecule has 0 saturated carbocycles. The number of hydrogen-bond acceptors (Lipinski definition) is 5. The van der Waals surface area contributed by atoms with Gasteiger partial charge in [0, 0.05) is 5.38 Å². The third-order valence-electron chi connectivity index (χ3n) is 1.97. The summed E-state index contributed by atoms with van der Waals surface area (Å²) in [5.74, 6) is 0.0168. The van der Waals surface area contributed by atoms with Crippen molar-refractivity contribution in [2.45, 2.75) is 6.92 Å². The van der Waals surface area contributed by atoms with Crippen LogP contribution in [0.5, 0.6) is 0 Å². The van der Waals surface area contributed by atoms with Gasteiger partial charge in [0.25, 0.3) is 5.56 Å². The summed E-state index contributed by atoms with van der Waals surface area (Å²) < 4.78 is 4.58. The number of aryl methyl sites for hydroxylation is 1. The maximum absolute atomic E-state index is 11.6. The van der Waals surface area contributed by atoms with Gasteiger partial charge in [0.05, 0.1) is 18.1 Å². The van der Waals surface area contributed by atoms with Crippen molar-refractivity contribution in [3.05, 3.63) is 27.1 Å². The molecule has 0 radical (unpaired) electrons. The summed E-state index contributed by atoms with van der Waals surface area (Å²) in [5, 5.41) is 1.88. The number of hydrogen-bond donors (Lipinski definition) is 1. The number of aromatic nitrogens is 2. The van der Waals surface area contributed by atoms with Crippen LogP contribution in [0.15, 0.2) is 10.2 Å². The minimum Gasteiger partial charge on any atom is -0.465 e. The van der Waals surface area contributed by atoms with Gasteiger partial charge < -0.3 is 9.72 Å². The number of rotatable bonds is 1. The van der Waals surface area contributed by atoms with Crippen LogP contribution >= 0.6 is 11.3 Å². The number of ether oxygens (including phenoxy) is 1. The molecule has 78 valence electrons. The number of carbonyl (C=O) groups is 1. The fraction of sp³-hybridized carbons (Fsp3) is 0.222. The van der Waals surface area contributed by atoms with Crippen molar-refractivity contribution in [2.24, 2.45) is 0 Å². The summed E-state index contributed by atoms with van der Waals surface area (Å²) >= 11 is 1.25. The lowest BCUT2D eigenvalue weighted by Crippen LogP contribution is -2.12. The molecule has 2 aromatic rings. The van der Waals surface area contributed by atoms with Crippen molar-refractivity contribution in [1.82, 2.24) is 9.97 Å². The minimum absolute atomic E-state index is 0.270. The van der Waals surface area contributed by atoms with Crippen LogP contribution in [-0.4, -0.2) is 23.0 Å². The van der Waals surface area contributed by atoms with Gasteiger partial charge in [-0.1, -0.05) is 0 Å². The second kappa shape index (κ2) is 3.47. The van der Waals surface area contributed by atoms with Gasteiger partial charge in [0.1, 0.15) is 10.7 Å². The van der Waals surface area contributed by atoms with Crippen LogP contribution in [0.1, 0.15) is 16.2 Å². The Morgan fingerprint density at radius 1 is 1.60 bits per heavy atom. The SMILES string of the molecule is COC(=O)c1csc2nc(C)[nH]c(=O)c12. The lowest BCUT2D eigenvalue weighted by atomic mass is 10.2. The molecule has 0 fully saturated rings. The number of methoxy groups -OCH3 is 1. The Balaban J connectivity index is 2.80. The first-order chi connectivity index (χ1) is 7.13. The number of thiophene rings is 1. The molecule has 0 aliphatic rings. The van der Waals surface area contributed by atoms with E-state index in [1.165, 1.54) is 18.4 Å². The van der Waals surface area contributed by atoms with E-state index in [2.05, 4.69) is 14.7 Å². The van der Waals surface area contributed by atoms with E-state index >= 15 is 0 Å². The molecule has 0 unspecified atom stereocenters. The molecule has 0 aliphatic heterocycles. The average Bonchev–Trinajstić information content (AvgIpc) is 2.60. The summed E-state index contributed by atoms with van der Waals surface area (Å²) in [7, 11) is 1.28. The molecule has 0 aromatic carbocycles. The number of carbonyl (C=O) groups excluding carboxylic acids is 1. The first kappa shape index (κ1) is 9.85. The maximum atomic E-state index is 11.6. The molecule has 0 saturated heterocycles. The van der Waals surface area contributed by atoms with Gasteiger partial charge in [-0.05, 0) is 6.92 Å². The molecular formula is C9H8N2O3S. The molecule has 0 spiro atoms. The van der Waals surface area contributed by atoms with E-state index in [4.69, 9.17) is 0 Å². The predicted molar refractivity (Wildman–Crippen MR) is 56.3 cm³/mol. The highest BCUT2D eigenvalue weighted by molar-refractivity contribution is 7.17. The van der Waals surface area contributed by atoms with E-state index in [1.54, 1.807) is 12.3 Å². The van der Waals surface area contributed by atoms with Crippen LogP contribution in [-0.2, 0) is 4.74 Å². The summed E-state index contributed by atoms with van der Waals surface area (Å²) in [6, 6.07) is 0. The van der Waals surface area contributed by atoms with Crippen molar-refractivity contribution in [1.29, 1.82) is 0 Å². The standard InChI is InChI=1S/C9H8N2O3S/c1-4-10-7(12)6-5(9(13)14-2)3-15-8(6)11-4/h3H,1-2H3,(H,10,11,12). The van der Waals surface area contributed by atoms with Crippen molar-refractivity contribution < 1.29 is 9.53 Å². The number of nitrogens with one attached hydrogen (secondary N) is 1. The smallest absolute Gasteiger partial charge is 0.339 e. The molecule has 0 bridgehead atoms. The van der Waals surface area contributed by atoms with Gasteiger partial charge in [-0.2, -0.15) is 0 Å². The number of esters is 1. The van der Waals surface area contributed by atoms with E-state index < -0.39 is 5.97 Å². The summed E-state index contributed by atoms with van der Waals surface area (Å²) in [4.78, 5) is 30.2. The topological polar surface area (TPSA) is 72.0 Å². The van der Waals surface area contributed by atoms with E-state index in [-0.39, 0.29) is 11.1 Å². The highest BCUT2D eigenvalue weighted by Crippen LogP contribution is 2.21. The Morgan fingerprint density at radius 3 is 3.00 bits per heavy atom. The fourth-order valence-corrected chi connectivity index (χ4v) is 2.27. The number of H-pyrrole nitrogens is 1. The van der Waals surface area contributed by atoms with Gasteiger partial charge in [0.15, 0.2) is 0 Å². The molecule has 5 nitrogen and oxygen atoms in total. The van der Waals surface area contributed by atoms with Gasteiger partial charge >= 0.3 is 5.97 Å². The van der Waals surface area contributed by atoms with Crippen LogP contribution < -0.4 is 5.56 Å². The third-order valence-corrected chi connectivity index (χ3v) is 2.84. The monoisotopic (exact) mass is 224 g/mol. The lowest BCUT2D eigenvalue weighted by molar-refractivity contribution is 0.0603. The number of nitrogens with zero attached hydrogens (tertiary/aromatic N) is 1. The third kappa shape index (κ3) is 1.52. The van der Waals surface area contributed by atoms with Gasteiger partial charge in [-0.25, -0.2) is 9.78 Å². The highest BCUT2D eigenvalue weighted by Gasteiger charge is 2.16. The minimum atomic E-state index is -0.516. The van der Waals surface area contributed by atoms with E-state index in [1.807, 2.05) is 0 Å². The van der Waals surface area contributed by atoms with Crippen LogP contribution in [0, 0.1) is 6.92 Å². The zero-order chi connectivity index (χ0) is 11.0. The molecular weight excluding hydrogens is 216 g/mol. The molecule has 6 heteroatoms. The van der Waals surface area contributed by atoms with Gasteiger partial charge in [0.2, 0.25) is 0 Å². The molecule has 0 amide bonds. The van der Waals surface area contributed by atoms with Crippen molar-refractivity contribution in [2.75, 3.05) is 7.11 Å². The first-order valence-electron chi connectivity index (χ1n) is 4.20. The molecule has 2 aromatic heterocycles. The zero-order valence-corrected chi connectivity index (χ0v) is 8.97. The van der Waals surface area contributed by atoms with E-state index in [0.717, 1.165) is 0 Å². The molecule has 15 heavy (non-hydrogen) atoms. The lowest BCUT2D eigenvalue weighted by Gasteiger charge is -1.96. The van der Waals surface area contributed by atoms with E-state index in [0.29, 0.717) is 16.0 Å². The van der Waals surface area contributed by atoms with E-state index in [9.17, 15) is 9.59 Å². The Bertz CT molecular complexity index is 585. The van der Waals surface area contributed by atoms with Crippen molar-refractivity contribution in [3.63, 3.8) is 0 Å². The Morgan fingerprint density at radius 2 is 2.33 bits per heavy atom. The summed E-state index contributed by atoms with van der Waals surface area (Å²) in [6.45, 7) is 1.69. The Hall–Kier alpha value is -1.69. The van der Waals surface area contributed by atoms with Crippen LogP contribution in [0.2, 0.25) is 0 Å². The summed E-state index contributed by atoms with van der Waals surface area (Å²) in [6.07, 6.45) is 0. The highest BCUT2D eigenvalue weighted by atomic mass is 32.1. The van der Waals surface area contributed by atoms with Crippen LogP contribution in [0.4, 0.5) is 0 Å². The first-order valence-corrected chi connectivity index (χ1v) is 5.08. The largest absolute Gasteiger partial charge is 0.465 e. The normalized spacial score (nSPS) is 10.5. The van der Waals surface area contributed by atoms with Crippen molar-refractivity contribution in [3.8, 4) is 0 Å². The Kier molecular flexibility index (Phi) is 2.28. The van der Waals surface area contributed by atoms with Gasteiger partial charge in [-0.15, -0.1) is 11.3 Å². The summed E-state index contributed by atoms with van der Waals surface area (Å²) in [5.41, 5.74) is -0.0367. The Labute approximate surface area is 88.7 Å². The number of aromatic amines is 1. The van der Waals surface area contributed by atoms with Crippen LogP contribution in [0.25, 0.3) is 10.2 Å². The molecule has 2 rings (SSSR count). The average molecular weight is 224 g/mol. The number of fused-ring (bicyclic) bond motifs is 1. The predicted octanol–water partition coefficient (Wildman–Crippen LogP) is 1.08.